The van der Waals surface area contributed by atoms with Crippen molar-refractivity contribution in [2.75, 3.05) is 38.6 Å². The Labute approximate surface area is 174 Å². The third kappa shape index (κ3) is 6.01. The van der Waals surface area contributed by atoms with Crippen molar-refractivity contribution in [1.29, 1.82) is 0 Å². The molecule has 0 bridgehead atoms. The first kappa shape index (κ1) is 22.8. The summed E-state index contributed by atoms with van der Waals surface area (Å²) < 4.78 is 5.78. The SMILES string of the molecule is [B]=C(OC)c1sc(C(C)(C)C)cc1NC(=O)C[N+]1(CC(C)=O)CCCCCC1. The molecule has 1 amide bonds. The number of likely N-dealkylation sites (tertiary alicyclic amines) is 1. The number of rotatable bonds is 7. The summed E-state index contributed by atoms with van der Waals surface area (Å²) in [5.74, 6) is 0.0597. The van der Waals surface area contributed by atoms with Crippen LogP contribution in [0, 0.1) is 0 Å². The summed E-state index contributed by atoms with van der Waals surface area (Å²) in [4.78, 5) is 26.7. The van der Waals surface area contributed by atoms with Crippen molar-refractivity contribution in [2.45, 2.75) is 58.8 Å². The third-order valence-electron chi connectivity index (χ3n) is 5.24. The molecular formula is C21H33BN2O3S+. The average molecular weight is 404 g/mol. The molecule has 2 heterocycles. The van der Waals surface area contributed by atoms with E-state index in [9.17, 15) is 9.59 Å². The predicted octanol–water partition coefficient (Wildman–Crippen LogP) is 3.26. The maximum atomic E-state index is 13.0. The summed E-state index contributed by atoms with van der Waals surface area (Å²) in [6.45, 7) is 10.5. The summed E-state index contributed by atoms with van der Waals surface area (Å²) in [5, 5.41) is 3.05. The molecule has 1 aromatic heterocycles. The van der Waals surface area contributed by atoms with Gasteiger partial charge in [0.05, 0.1) is 0 Å². The number of Topliss-reactive ketones (excluding diaryl/α,β-unsaturated/α-hetero) is 1. The van der Waals surface area contributed by atoms with Crippen LogP contribution in [0.25, 0.3) is 0 Å². The number of thiophene rings is 1. The zero-order chi connectivity index (χ0) is 20.9. The number of carbonyl (C=O) groups is 2. The Bertz CT molecular complexity index is 728. The second kappa shape index (κ2) is 9.36. The topological polar surface area (TPSA) is 55.4 Å². The summed E-state index contributed by atoms with van der Waals surface area (Å²) >= 11 is 1.54. The Morgan fingerprint density at radius 2 is 1.79 bits per heavy atom. The van der Waals surface area contributed by atoms with E-state index in [-0.39, 0.29) is 17.1 Å². The van der Waals surface area contributed by atoms with Crippen molar-refractivity contribution >= 4 is 41.9 Å². The zero-order valence-corrected chi connectivity index (χ0v) is 18.7. The third-order valence-corrected chi connectivity index (χ3v) is 6.82. The van der Waals surface area contributed by atoms with Gasteiger partial charge in [-0.3, -0.25) is 0 Å². The van der Waals surface area contributed by atoms with Crippen LogP contribution in [0.1, 0.15) is 63.1 Å². The maximum absolute atomic E-state index is 13.0. The van der Waals surface area contributed by atoms with Crippen molar-refractivity contribution in [3.05, 3.63) is 15.8 Å². The quantitative estimate of drug-likeness (QED) is 0.561. The van der Waals surface area contributed by atoms with Crippen molar-refractivity contribution in [2.24, 2.45) is 0 Å². The second-order valence-electron chi connectivity index (χ2n) is 8.94. The van der Waals surface area contributed by atoms with Crippen LogP contribution in [0.15, 0.2) is 6.07 Å². The predicted molar refractivity (Wildman–Crippen MR) is 117 cm³/mol. The van der Waals surface area contributed by atoms with Crippen molar-refractivity contribution in [3.63, 3.8) is 0 Å². The van der Waals surface area contributed by atoms with Gasteiger partial charge in [0.1, 0.15) is 0 Å². The number of anilines is 1. The average Bonchev–Trinajstić information content (AvgIpc) is 2.88. The molecule has 0 unspecified atom stereocenters. The van der Waals surface area contributed by atoms with Gasteiger partial charge in [-0.05, 0) is 0 Å². The molecule has 1 aromatic rings. The summed E-state index contributed by atoms with van der Waals surface area (Å²) in [7, 11) is 7.56. The minimum atomic E-state index is -0.0773. The molecule has 1 radical (unpaired) electrons. The molecule has 7 heteroatoms. The van der Waals surface area contributed by atoms with Gasteiger partial charge in [-0.25, -0.2) is 0 Å². The number of nitrogens with zero attached hydrogens (tertiary/aromatic N) is 1. The van der Waals surface area contributed by atoms with Gasteiger partial charge >= 0.3 is 174 Å². The molecule has 0 aliphatic carbocycles. The van der Waals surface area contributed by atoms with Crippen molar-refractivity contribution < 1.29 is 18.8 Å². The monoisotopic (exact) mass is 404 g/mol. The van der Waals surface area contributed by atoms with Gasteiger partial charge in [0.25, 0.3) is 0 Å². The first-order valence-electron chi connectivity index (χ1n) is 10.0. The number of carbonyl (C=O) groups excluding carboxylic acids is 2. The summed E-state index contributed by atoms with van der Waals surface area (Å²) in [5.41, 5.74) is 0.942. The number of methoxy groups -OCH3 is 1. The van der Waals surface area contributed by atoms with E-state index < -0.39 is 0 Å². The molecule has 153 valence electrons. The van der Waals surface area contributed by atoms with Crippen LogP contribution in [0.5, 0.6) is 0 Å². The van der Waals surface area contributed by atoms with Crippen molar-refractivity contribution in [3.8, 4) is 0 Å². The number of quaternary nitrogens is 1. The molecule has 1 fully saturated rings. The fourth-order valence-corrected chi connectivity index (χ4v) is 4.93. The summed E-state index contributed by atoms with van der Waals surface area (Å²) in [6, 6.07) is 1.99. The van der Waals surface area contributed by atoms with Gasteiger partial charge in [0.15, 0.2) is 0 Å². The number of ketones is 1. The number of amides is 1. The minimum absolute atomic E-state index is 0.0520. The zero-order valence-electron chi connectivity index (χ0n) is 17.9. The first-order valence-corrected chi connectivity index (χ1v) is 10.8. The molecular weight excluding hydrogens is 371 g/mol. The molecule has 0 spiro atoms. The molecule has 0 aromatic carbocycles. The van der Waals surface area contributed by atoms with E-state index in [0.29, 0.717) is 28.9 Å². The van der Waals surface area contributed by atoms with E-state index in [1.165, 1.54) is 31.3 Å². The van der Waals surface area contributed by atoms with Gasteiger partial charge in [-0.2, -0.15) is 0 Å². The van der Waals surface area contributed by atoms with Gasteiger partial charge < -0.3 is 0 Å². The van der Waals surface area contributed by atoms with Crippen LogP contribution in [0.2, 0.25) is 0 Å². The Hall–Kier alpha value is -1.47. The molecule has 2 rings (SSSR count). The fraction of sp³-hybridized carbons (Fsp3) is 0.667. The fourth-order valence-electron chi connectivity index (χ4n) is 3.83. The Morgan fingerprint density at radius 1 is 1.18 bits per heavy atom. The van der Waals surface area contributed by atoms with E-state index >= 15 is 0 Å². The number of nitrogens with one attached hydrogen (secondary N) is 1. The van der Waals surface area contributed by atoms with E-state index in [4.69, 9.17) is 12.2 Å². The van der Waals surface area contributed by atoms with Gasteiger partial charge in [-0.15, -0.1) is 0 Å². The van der Waals surface area contributed by atoms with E-state index in [0.717, 1.165) is 35.7 Å². The number of hydrogen-bond donors (Lipinski definition) is 1. The van der Waals surface area contributed by atoms with E-state index in [1.807, 2.05) is 6.07 Å². The van der Waals surface area contributed by atoms with Crippen LogP contribution < -0.4 is 5.32 Å². The first-order chi connectivity index (χ1) is 13.1. The molecule has 1 saturated heterocycles. The van der Waals surface area contributed by atoms with Crippen molar-refractivity contribution in [1.82, 2.24) is 0 Å². The van der Waals surface area contributed by atoms with Crippen LogP contribution in [-0.4, -0.2) is 62.6 Å². The summed E-state index contributed by atoms with van der Waals surface area (Å²) in [6.07, 6.45) is 4.45. The Kier molecular flexibility index (Phi) is 7.62. The van der Waals surface area contributed by atoms with E-state index in [2.05, 4.69) is 26.1 Å². The second-order valence-corrected chi connectivity index (χ2v) is 9.99. The molecule has 1 aliphatic heterocycles. The molecule has 5 nitrogen and oxygen atoms in total. The molecule has 1 aliphatic rings. The molecule has 1 N–H and O–H groups in total. The molecule has 0 saturated carbocycles. The van der Waals surface area contributed by atoms with Gasteiger partial charge in [0.2, 0.25) is 0 Å². The van der Waals surface area contributed by atoms with Crippen LogP contribution >= 0.6 is 11.3 Å². The Morgan fingerprint density at radius 3 is 2.29 bits per heavy atom. The number of ether oxygens (including phenoxy) is 1. The van der Waals surface area contributed by atoms with Crippen LogP contribution in [-0.2, 0) is 19.7 Å². The molecule has 28 heavy (non-hydrogen) atoms. The van der Waals surface area contributed by atoms with Gasteiger partial charge in [0, 0.05) is 0 Å². The normalized spacial score (nSPS) is 16.9. The number of hydrogen-bond acceptors (Lipinski definition) is 4. The van der Waals surface area contributed by atoms with Gasteiger partial charge in [-0.1, -0.05) is 0 Å². The molecule has 0 atom stereocenters. The van der Waals surface area contributed by atoms with Crippen LogP contribution in [0.4, 0.5) is 5.69 Å². The Balaban J connectivity index is 2.23. The van der Waals surface area contributed by atoms with E-state index in [1.54, 1.807) is 6.92 Å². The standard InChI is InChI=1S/C21H32BN2O3S/c1-15(25)13-24(10-8-6-7-9-11-24)14-18(26)23-16-12-17(21(2,3)4)28-19(16)20(22)27-5/h12H,6-11,13-14H2,1-5H3/p+1. The van der Waals surface area contributed by atoms with Crippen LogP contribution in [0.3, 0.4) is 0 Å².